The Morgan fingerprint density at radius 3 is 1.69 bits per heavy atom. The third kappa shape index (κ3) is 23.5. The van der Waals surface area contributed by atoms with Crippen molar-refractivity contribution in [3.8, 4) is 5.75 Å². The molecular formula is C79H106N16O18S. The number of likely N-dealkylation sites (N-methyl/N-ethyl adjacent to an activating group) is 2. The lowest BCUT2D eigenvalue weighted by Gasteiger charge is -2.37. The van der Waals surface area contributed by atoms with Crippen molar-refractivity contribution in [3.63, 3.8) is 0 Å². The molecule has 4 aliphatic heterocycles. The number of carbonyl (C=O) groups is 15. The van der Waals surface area contributed by atoms with Crippen LogP contribution in [0, 0.1) is 5.92 Å². The Kier molecular flexibility index (Phi) is 31.7. The van der Waals surface area contributed by atoms with E-state index in [9.17, 15) is 87.2 Å². The third-order valence-electron chi connectivity index (χ3n) is 21.1. The molecule has 0 bridgehead atoms. The van der Waals surface area contributed by atoms with Crippen LogP contribution in [0.15, 0.2) is 85.2 Å². The Balaban J connectivity index is 0.985. The zero-order valence-electron chi connectivity index (χ0n) is 64.9. The van der Waals surface area contributed by atoms with Crippen LogP contribution in [0.4, 0.5) is 0 Å². The number of carboxylic acids is 1. The second-order valence-electron chi connectivity index (χ2n) is 29.8. The largest absolute Gasteiger partial charge is 0.508 e. The Bertz CT molecular complexity index is 4300. The average molecular weight is 1600 g/mol. The highest BCUT2D eigenvalue weighted by Crippen LogP contribution is 2.27. The molecule has 114 heavy (non-hydrogen) atoms. The van der Waals surface area contributed by atoms with Gasteiger partial charge in [-0.1, -0.05) is 82.1 Å². The number of aliphatic hydroxyl groups excluding tert-OH is 1. The lowest BCUT2D eigenvalue weighted by atomic mass is 9.98. The number of hydrogen-bond acceptors (Lipinski definition) is 18. The molecule has 4 aliphatic rings. The molecule has 35 heteroatoms. The summed E-state index contributed by atoms with van der Waals surface area (Å²) in [5.41, 5.74) is 3.03. The van der Waals surface area contributed by atoms with E-state index in [1.165, 1.54) is 40.9 Å². The number of unbranched alkanes of at least 4 members (excludes halogenated alkanes) is 1. The first-order valence-electron chi connectivity index (χ1n) is 39.0. The Morgan fingerprint density at radius 2 is 1.06 bits per heavy atom. The Hall–Kier alpha value is -11.1. The summed E-state index contributed by atoms with van der Waals surface area (Å²) in [6, 6.07) is 6.96. The molecule has 616 valence electrons. The van der Waals surface area contributed by atoms with Crippen LogP contribution in [0.5, 0.6) is 5.75 Å². The van der Waals surface area contributed by atoms with E-state index in [1.807, 2.05) is 20.8 Å². The number of benzene rings is 3. The highest BCUT2D eigenvalue weighted by Gasteiger charge is 2.43. The van der Waals surface area contributed by atoms with Crippen LogP contribution in [-0.4, -0.2) is 277 Å². The second-order valence-corrected chi connectivity index (χ2v) is 30.9. The van der Waals surface area contributed by atoms with Crippen LogP contribution in [0.1, 0.15) is 121 Å². The number of aromatic nitrogens is 2. The number of aromatic hydroxyl groups is 1. The van der Waals surface area contributed by atoms with Crippen molar-refractivity contribution in [1.29, 1.82) is 0 Å². The van der Waals surface area contributed by atoms with Gasteiger partial charge in [0.15, 0.2) is 0 Å². The zero-order chi connectivity index (χ0) is 82.3. The molecule has 0 aliphatic carbocycles. The summed E-state index contributed by atoms with van der Waals surface area (Å²) in [6.07, 6.45) is 5.22. The molecule has 6 heterocycles. The summed E-state index contributed by atoms with van der Waals surface area (Å²) in [6.45, 7) is 2.84. The van der Waals surface area contributed by atoms with E-state index < -0.39 is 188 Å². The Morgan fingerprint density at radius 1 is 0.526 bits per heavy atom. The molecule has 34 nitrogen and oxygen atoms in total. The van der Waals surface area contributed by atoms with E-state index in [0.29, 0.717) is 70.6 Å². The molecule has 4 fully saturated rings. The van der Waals surface area contributed by atoms with Crippen LogP contribution in [0.3, 0.4) is 0 Å². The van der Waals surface area contributed by atoms with E-state index in [0.717, 1.165) is 21.6 Å². The number of phenols is 1. The molecule has 0 spiro atoms. The number of carbonyl (C=O) groups excluding carboxylic acids is 14. The minimum Gasteiger partial charge on any atom is -0.508 e. The molecule has 0 radical (unpaired) electrons. The van der Waals surface area contributed by atoms with Gasteiger partial charge in [0.2, 0.25) is 82.7 Å². The van der Waals surface area contributed by atoms with Gasteiger partial charge in [-0.3, -0.25) is 71.9 Å². The summed E-state index contributed by atoms with van der Waals surface area (Å²) < 4.78 is 0. The average Bonchev–Trinajstić information content (AvgIpc) is 1.70. The maximum atomic E-state index is 15.0. The monoisotopic (exact) mass is 1600 g/mol. The molecular weight excluding hydrogens is 1490 g/mol. The summed E-state index contributed by atoms with van der Waals surface area (Å²) in [4.78, 5) is 226. The Labute approximate surface area is 664 Å². The van der Waals surface area contributed by atoms with E-state index >= 15 is 0 Å². The highest BCUT2D eigenvalue weighted by atomic mass is 32.2. The van der Waals surface area contributed by atoms with Crippen molar-refractivity contribution in [2.24, 2.45) is 5.92 Å². The van der Waals surface area contributed by atoms with Gasteiger partial charge in [-0.05, 0) is 111 Å². The topological polar surface area (TPSA) is 473 Å². The fourth-order valence-corrected chi connectivity index (χ4v) is 15.6. The predicted molar refractivity (Wildman–Crippen MR) is 420 cm³/mol. The van der Waals surface area contributed by atoms with Crippen molar-refractivity contribution < 1.29 is 87.2 Å². The molecule has 9 rings (SSSR count). The molecule has 4 saturated heterocycles. The minimum absolute atomic E-state index is 0.0367. The van der Waals surface area contributed by atoms with Crippen molar-refractivity contribution in [1.82, 2.24) is 82.3 Å². The first-order valence-corrected chi connectivity index (χ1v) is 40.1. The molecule has 2 aromatic heterocycles. The fraction of sp³-hybridized carbons (Fsp3) is 0.532. The van der Waals surface area contributed by atoms with Gasteiger partial charge in [0.1, 0.15) is 66.2 Å². The maximum Gasteiger partial charge on any atom is 0.303 e. The first-order chi connectivity index (χ1) is 54.6. The zero-order valence-corrected chi connectivity index (χ0v) is 65.7. The first kappa shape index (κ1) is 86.9. The van der Waals surface area contributed by atoms with Crippen LogP contribution in [-0.2, 0) is 91.2 Å². The third-order valence-corrected chi connectivity index (χ3v) is 22.0. The van der Waals surface area contributed by atoms with Crippen molar-refractivity contribution in [2.45, 2.75) is 184 Å². The predicted octanol–water partition coefficient (Wildman–Crippen LogP) is 0.129. The molecule has 14 amide bonds. The van der Waals surface area contributed by atoms with Gasteiger partial charge in [0, 0.05) is 106 Å². The van der Waals surface area contributed by atoms with Crippen molar-refractivity contribution >= 4 is 122 Å². The molecule has 3 aromatic carbocycles. The van der Waals surface area contributed by atoms with Crippen LogP contribution >= 0.6 is 11.8 Å². The molecule has 10 atom stereocenters. The summed E-state index contributed by atoms with van der Waals surface area (Å²) in [5, 5.41) is 56.4. The second kappa shape index (κ2) is 41.6. The van der Waals surface area contributed by atoms with E-state index in [-0.39, 0.29) is 107 Å². The van der Waals surface area contributed by atoms with Gasteiger partial charge >= 0.3 is 5.97 Å². The number of carboxylic acid groups (broad SMARTS) is 1. The van der Waals surface area contributed by atoms with Crippen LogP contribution in [0.25, 0.3) is 21.8 Å². The van der Waals surface area contributed by atoms with Gasteiger partial charge in [-0.15, -0.1) is 0 Å². The molecule has 5 aromatic rings. The number of aliphatic hydroxyl groups is 1. The van der Waals surface area contributed by atoms with E-state index in [4.69, 9.17) is 0 Å². The van der Waals surface area contributed by atoms with Gasteiger partial charge in [-0.2, -0.15) is 11.8 Å². The number of phenolic OH excluding ortho intramolecular Hbond substituents is 1. The number of piperidine rings is 1. The normalized spacial score (nSPS) is 24.6. The highest BCUT2D eigenvalue weighted by molar-refractivity contribution is 7.99. The van der Waals surface area contributed by atoms with E-state index in [1.54, 1.807) is 73.1 Å². The number of nitrogens with one attached hydrogen (secondary N) is 11. The van der Waals surface area contributed by atoms with Crippen molar-refractivity contribution in [3.05, 3.63) is 102 Å². The summed E-state index contributed by atoms with van der Waals surface area (Å²) in [7, 11) is 2.73. The summed E-state index contributed by atoms with van der Waals surface area (Å²) >= 11 is 1.15. The van der Waals surface area contributed by atoms with Crippen LogP contribution < -0.4 is 47.9 Å². The van der Waals surface area contributed by atoms with Crippen molar-refractivity contribution in [2.75, 3.05) is 78.0 Å². The van der Waals surface area contributed by atoms with Gasteiger partial charge in [-0.25, -0.2) is 0 Å². The number of rotatable bonds is 15. The van der Waals surface area contributed by atoms with Gasteiger partial charge < -0.3 is 97.6 Å². The number of aliphatic carboxylic acids is 1. The number of para-hydroxylation sites is 2. The molecule has 0 saturated carbocycles. The van der Waals surface area contributed by atoms with Gasteiger partial charge in [0.25, 0.3) is 0 Å². The minimum atomic E-state index is -1.79. The lowest BCUT2D eigenvalue weighted by Crippen LogP contribution is -2.60. The fourth-order valence-electron chi connectivity index (χ4n) is 14.9. The number of fused-ring (bicyclic) bond motifs is 5. The lowest BCUT2D eigenvalue weighted by molar-refractivity contribution is -0.145. The number of amides is 14. The maximum absolute atomic E-state index is 15.0. The SMILES string of the molecule is CCCC[C@H]1C(=O)N[C@@H](CC(C)C)C(=O)NCCSCC(=O)N[C@@H](Cc2ccc(O)cc2)C(=O)N2CCCC[C@H]2C(=O)NCC(=O)N2CCC[C@H]2C(=O)NCC(=O)N[C@@H](CCC(=O)O)C(=O)N2CCC[C@H]2C(=O)N[C@@H](Cc2c[nH]c3ccccc23)C(=O)N[C@@H](CO)C(=O)N[C@@H](Cc2c[nH]c3ccccc23)C(=O)N(C)CC(=O)N1C. The number of hydrogen-bond donors (Lipinski definition) is 14. The van der Waals surface area contributed by atoms with E-state index in [2.05, 4.69) is 57.8 Å². The number of aromatic amines is 2. The number of nitrogens with zero attached hydrogens (tertiary/aromatic N) is 5. The molecule has 14 N–H and O–H groups in total. The van der Waals surface area contributed by atoms with Crippen LogP contribution in [0.2, 0.25) is 0 Å². The smallest absolute Gasteiger partial charge is 0.303 e. The van der Waals surface area contributed by atoms with Gasteiger partial charge in [0.05, 0.1) is 32.0 Å². The molecule has 0 unspecified atom stereocenters. The number of H-pyrrole nitrogens is 2. The standard InChI is InChI=1S/C79H106N16O18S/c1-6-7-20-61-75(109)87-56(35-46(2)3)70(104)80-30-34-114-45-66(99)86-58(36-47-24-26-50(97)27-25-47)79(113)94-31-13-12-21-63(94)74(108)84-42-67(100)93-32-14-22-62(93)73(107)83-41-65(98)85-55(28-29-69(102)103)78(112)95-33-15-23-64(95)76(110)88-57(37-48-39-81-53-18-10-8-16-51(48)53)71(105)90-60(44-96)72(106)89-59(77(111)91(4)43-68(101)92(61)5)38-49-40-82-54-19-11-9-17-52(49)54/h8-11,16-19,24-27,39-40,46,55-64,81-82,96-97H,6-7,12-15,20-23,28-38,41-45H2,1-5H3,(H,80,104)(H,83,107)(H,84,108)(H,85,98)(H,86,99)(H,87,109)(H,88,110)(H,89,106)(H,90,105)(H,102,103)/t55-,56-,57-,58-,59-,60-,61-,62-,63-,64-/m0/s1. The number of thioether (sulfide) groups is 1. The summed E-state index contributed by atoms with van der Waals surface area (Å²) in [5.74, 6) is -12.0. The quantitative estimate of drug-likeness (QED) is 0.0662.